The van der Waals surface area contributed by atoms with Crippen molar-refractivity contribution in [2.75, 3.05) is 5.73 Å². The van der Waals surface area contributed by atoms with Crippen molar-refractivity contribution in [2.24, 2.45) is 0 Å². The fourth-order valence-corrected chi connectivity index (χ4v) is 1.38. The van der Waals surface area contributed by atoms with Crippen LogP contribution in [0.2, 0.25) is 15.1 Å². The molecule has 0 aromatic heterocycles. The number of halogens is 3. The molecule has 0 aliphatic carbocycles. The first-order valence-corrected chi connectivity index (χ1v) is 4.07. The molecule has 0 saturated carbocycles. The quantitative estimate of drug-likeness (QED) is 0.514. The van der Waals surface area contributed by atoms with Gasteiger partial charge >= 0.3 is 0 Å². The van der Waals surface area contributed by atoms with Crippen LogP contribution in [0.15, 0.2) is 6.07 Å². The fraction of sp³-hybridized carbons (Fsp3) is 0.143. The van der Waals surface area contributed by atoms with Gasteiger partial charge in [0.1, 0.15) is 0 Å². The Balaban J connectivity index is 3.46. The first kappa shape index (κ1) is 8.98. The second-order valence-electron chi connectivity index (χ2n) is 2.19. The average Bonchev–Trinajstić information content (AvgIpc) is 1.97. The molecule has 0 radical (unpaired) electrons. The van der Waals surface area contributed by atoms with E-state index in [9.17, 15) is 0 Å². The lowest BCUT2D eigenvalue weighted by atomic mass is 10.2. The summed E-state index contributed by atoms with van der Waals surface area (Å²) < 4.78 is 0. The van der Waals surface area contributed by atoms with Gasteiger partial charge < -0.3 is 5.73 Å². The zero-order valence-electron chi connectivity index (χ0n) is 5.79. The number of nitrogen functional groups attached to an aromatic ring is 1. The minimum Gasteiger partial charge on any atom is -0.397 e. The summed E-state index contributed by atoms with van der Waals surface area (Å²) in [6, 6.07) is 1.58. The largest absolute Gasteiger partial charge is 0.397 e. The van der Waals surface area contributed by atoms with Crippen molar-refractivity contribution in [3.8, 4) is 0 Å². The molecule has 1 aromatic carbocycles. The van der Waals surface area contributed by atoms with Gasteiger partial charge in [-0.2, -0.15) is 0 Å². The zero-order valence-corrected chi connectivity index (χ0v) is 8.06. The maximum atomic E-state index is 5.77. The Bertz CT molecular complexity index is 270. The van der Waals surface area contributed by atoms with Gasteiger partial charge in [0.25, 0.3) is 0 Å². The monoisotopic (exact) mass is 209 g/mol. The normalized spacial score (nSPS) is 10.2. The smallest absolute Gasteiger partial charge is 0.0825 e. The summed E-state index contributed by atoms with van der Waals surface area (Å²) >= 11 is 17.2. The van der Waals surface area contributed by atoms with Crippen molar-refractivity contribution in [1.82, 2.24) is 0 Å². The molecule has 1 nitrogen and oxygen atoms in total. The van der Waals surface area contributed by atoms with Crippen molar-refractivity contribution < 1.29 is 0 Å². The van der Waals surface area contributed by atoms with Crippen molar-refractivity contribution in [3.63, 3.8) is 0 Å². The van der Waals surface area contributed by atoms with Crippen LogP contribution in [0.5, 0.6) is 0 Å². The van der Waals surface area contributed by atoms with E-state index in [0.717, 1.165) is 5.56 Å². The summed E-state index contributed by atoms with van der Waals surface area (Å²) in [4.78, 5) is 0. The predicted molar refractivity (Wildman–Crippen MR) is 50.6 cm³/mol. The summed E-state index contributed by atoms with van der Waals surface area (Å²) in [5, 5.41) is 1.30. The molecule has 0 fully saturated rings. The highest BCUT2D eigenvalue weighted by Crippen LogP contribution is 2.34. The summed E-state index contributed by atoms with van der Waals surface area (Å²) in [5.74, 6) is 0. The summed E-state index contributed by atoms with van der Waals surface area (Å²) in [7, 11) is 0. The Kier molecular flexibility index (Phi) is 2.53. The van der Waals surface area contributed by atoms with E-state index in [2.05, 4.69) is 0 Å². The van der Waals surface area contributed by atoms with E-state index in [-0.39, 0.29) is 0 Å². The topological polar surface area (TPSA) is 26.0 Å². The molecule has 2 N–H and O–H groups in total. The Morgan fingerprint density at radius 1 is 1.18 bits per heavy atom. The van der Waals surface area contributed by atoms with Crippen molar-refractivity contribution in [1.29, 1.82) is 0 Å². The van der Waals surface area contributed by atoms with Crippen LogP contribution in [0.3, 0.4) is 0 Å². The standard InChI is InChI=1S/C7H6Cl3N/c1-3-4(8)2-5(9)6(10)7(3)11/h2H,11H2,1H3. The van der Waals surface area contributed by atoms with Crippen LogP contribution in [-0.4, -0.2) is 0 Å². The molecule has 0 aliphatic heterocycles. The van der Waals surface area contributed by atoms with Crippen LogP contribution in [0.4, 0.5) is 5.69 Å². The van der Waals surface area contributed by atoms with E-state index in [1.807, 2.05) is 0 Å². The minimum atomic E-state index is 0.369. The van der Waals surface area contributed by atoms with Crippen molar-refractivity contribution >= 4 is 40.5 Å². The molecule has 0 spiro atoms. The maximum absolute atomic E-state index is 5.77. The molecule has 0 heterocycles. The lowest BCUT2D eigenvalue weighted by Crippen LogP contribution is -1.91. The highest BCUT2D eigenvalue weighted by molar-refractivity contribution is 6.45. The van der Waals surface area contributed by atoms with Crippen LogP contribution in [0.1, 0.15) is 5.56 Å². The minimum absolute atomic E-state index is 0.369. The van der Waals surface area contributed by atoms with E-state index in [1.54, 1.807) is 13.0 Å². The lowest BCUT2D eigenvalue weighted by molar-refractivity contribution is 1.47. The number of benzene rings is 1. The van der Waals surface area contributed by atoms with Gasteiger partial charge in [0.2, 0.25) is 0 Å². The predicted octanol–water partition coefficient (Wildman–Crippen LogP) is 3.54. The Hall–Kier alpha value is -0.110. The van der Waals surface area contributed by atoms with Gasteiger partial charge in [0, 0.05) is 5.02 Å². The van der Waals surface area contributed by atoms with Crippen molar-refractivity contribution in [2.45, 2.75) is 6.92 Å². The number of hydrogen-bond donors (Lipinski definition) is 1. The third-order valence-corrected chi connectivity index (χ3v) is 2.66. The van der Waals surface area contributed by atoms with Crippen LogP contribution in [0, 0.1) is 6.92 Å². The van der Waals surface area contributed by atoms with Gasteiger partial charge in [0.15, 0.2) is 0 Å². The van der Waals surface area contributed by atoms with E-state index >= 15 is 0 Å². The van der Waals surface area contributed by atoms with Gasteiger partial charge in [0.05, 0.1) is 15.7 Å². The van der Waals surface area contributed by atoms with E-state index in [1.165, 1.54) is 0 Å². The van der Waals surface area contributed by atoms with Gasteiger partial charge in [-0.15, -0.1) is 0 Å². The van der Waals surface area contributed by atoms with Gasteiger partial charge in [-0.1, -0.05) is 34.8 Å². The molecule has 11 heavy (non-hydrogen) atoms. The third kappa shape index (κ3) is 1.56. The Morgan fingerprint density at radius 2 is 1.73 bits per heavy atom. The van der Waals surface area contributed by atoms with Crippen LogP contribution in [-0.2, 0) is 0 Å². The summed E-state index contributed by atoms with van der Waals surface area (Å²) in [6.45, 7) is 1.79. The second-order valence-corrected chi connectivity index (χ2v) is 3.39. The van der Waals surface area contributed by atoms with Gasteiger partial charge in [-0.05, 0) is 18.6 Å². The van der Waals surface area contributed by atoms with Gasteiger partial charge in [-0.25, -0.2) is 0 Å². The Labute approximate surface area is 80.0 Å². The molecular weight excluding hydrogens is 204 g/mol. The molecule has 1 aromatic rings. The molecule has 0 bridgehead atoms. The van der Waals surface area contributed by atoms with Crippen LogP contribution < -0.4 is 5.73 Å². The molecule has 0 aliphatic rings. The van der Waals surface area contributed by atoms with E-state index < -0.39 is 0 Å². The first-order valence-electron chi connectivity index (χ1n) is 2.93. The lowest BCUT2D eigenvalue weighted by Gasteiger charge is -2.05. The SMILES string of the molecule is Cc1c(Cl)cc(Cl)c(Cl)c1N. The molecule has 60 valence electrons. The van der Waals surface area contributed by atoms with E-state index in [4.69, 9.17) is 40.5 Å². The second kappa shape index (κ2) is 3.10. The van der Waals surface area contributed by atoms with Crippen LogP contribution in [0.25, 0.3) is 0 Å². The van der Waals surface area contributed by atoms with Crippen LogP contribution >= 0.6 is 34.8 Å². The van der Waals surface area contributed by atoms with E-state index in [0.29, 0.717) is 20.8 Å². The number of nitrogens with two attached hydrogens (primary N) is 1. The molecule has 0 amide bonds. The number of hydrogen-bond acceptors (Lipinski definition) is 1. The zero-order chi connectivity index (χ0) is 8.59. The number of anilines is 1. The molecular formula is C7H6Cl3N. The number of rotatable bonds is 0. The highest BCUT2D eigenvalue weighted by Gasteiger charge is 2.08. The highest BCUT2D eigenvalue weighted by atomic mass is 35.5. The first-order chi connectivity index (χ1) is 5.04. The molecule has 0 saturated heterocycles. The van der Waals surface area contributed by atoms with Crippen molar-refractivity contribution in [3.05, 3.63) is 26.7 Å². The third-order valence-electron chi connectivity index (χ3n) is 1.46. The average molecular weight is 210 g/mol. The maximum Gasteiger partial charge on any atom is 0.0825 e. The molecule has 0 atom stereocenters. The Morgan fingerprint density at radius 3 is 2.27 bits per heavy atom. The molecule has 4 heteroatoms. The fourth-order valence-electron chi connectivity index (χ4n) is 0.705. The molecule has 1 rings (SSSR count). The summed E-state index contributed by atoms with van der Waals surface area (Å²) in [5.41, 5.74) is 6.80. The summed E-state index contributed by atoms with van der Waals surface area (Å²) in [6.07, 6.45) is 0. The van der Waals surface area contributed by atoms with Gasteiger partial charge in [-0.3, -0.25) is 0 Å². The molecule has 0 unspecified atom stereocenters.